The van der Waals surface area contributed by atoms with E-state index in [4.69, 9.17) is 9.47 Å². The molecule has 1 aliphatic heterocycles. The molecule has 1 saturated heterocycles. The maximum atomic E-state index is 12.4. The Hall–Kier alpha value is -1.72. The van der Waals surface area contributed by atoms with Crippen LogP contribution in [-0.4, -0.2) is 29.8 Å². The fourth-order valence-electron chi connectivity index (χ4n) is 2.98. The highest BCUT2D eigenvalue weighted by molar-refractivity contribution is 7.16. The third-order valence-corrected chi connectivity index (χ3v) is 5.47. The molecule has 1 aliphatic carbocycles. The molecule has 2 heterocycles. The van der Waals surface area contributed by atoms with Crippen molar-refractivity contribution in [2.24, 2.45) is 5.92 Å². The maximum absolute atomic E-state index is 12.4. The number of benzene rings is 1. The first-order valence-electron chi connectivity index (χ1n) is 7.59. The number of aromatic nitrogens is 1. The molecule has 1 aromatic heterocycles. The lowest BCUT2D eigenvalue weighted by atomic mass is 9.99. The first-order valence-corrected chi connectivity index (χ1v) is 8.41. The van der Waals surface area contributed by atoms with Gasteiger partial charge in [0.2, 0.25) is 0 Å². The molecule has 0 bridgehead atoms. The van der Waals surface area contributed by atoms with Crippen LogP contribution < -0.4 is 0 Å². The molecule has 2 aromatic rings. The lowest BCUT2D eigenvalue weighted by Crippen LogP contribution is -2.29. The average Bonchev–Trinajstić information content (AvgIpc) is 3.02. The Morgan fingerprint density at radius 2 is 2.14 bits per heavy atom. The zero-order valence-corrected chi connectivity index (χ0v) is 13.0. The van der Waals surface area contributed by atoms with Crippen molar-refractivity contribution in [2.45, 2.75) is 24.9 Å². The molecule has 114 valence electrons. The van der Waals surface area contributed by atoms with E-state index in [2.05, 4.69) is 4.98 Å². The first kappa shape index (κ1) is 13.9. The average molecular weight is 315 g/mol. The number of hydrogen-bond donors (Lipinski definition) is 0. The summed E-state index contributed by atoms with van der Waals surface area (Å²) in [7, 11) is 0. The molecular formula is C17H17NO3S. The Labute approximate surface area is 133 Å². The summed E-state index contributed by atoms with van der Waals surface area (Å²) in [5.41, 5.74) is 0.752. The number of carbonyl (C=O) groups is 1. The molecule has 0 amide bonds. The molecule has 1 aromatic carbocycles. The van der Waals surface area contributed by atoms with Gasteiger partial charge < -0.3 is 9.47 Å². The van der Waals surface area contributed by atoms with Gasteiger partial charge in [0.25, 0.3) is 0 Å². The predicted octanol–water partition coefficient (Wildman–Crippen LogP) is 3.54. The summed E-state index contributed by atoms with van der Waals surface area (Å²) >= 11 is 1.39. The third-order valence-electron chi connectivity index (χ3n) is 4.44. The van der Waals surface area contributed by atoms with E-state index >= 15 is 0 Å². The highest BCUT2D eigenvalue weighted by atomic mass is 32.1. The molecule has 1 saturated carbocycles. The van der Waals surface area contributed by atoms with Crippen molar-refractivity contribution in [2.75, 3.05) is 13.2 Å². The van der Waals surface area contributed by atoms with Gasteiger partial charge in [-0.05, 0) is 19.3 Å². The van der Waals surface area contributed by atoms with Gasteiger partial charge in [0, 0.05) is 18.1 Å². The van der Waals surface area contributed by atoms with Crippen LogP contribution in [0.4, 0.5) is 0 Å². The van der Waals surface area contributed by atoms with Crippen molar-refractivity contribution in [3.63, 3.8) is 0 Å². The number of thiazole rings is 1. The Morgan fingerprint density at radius 1 is 1.32 bits per heavy atom. The largest absolute Gasteiger partial charge is 0.454 e. The molecular weight excluding hydrogens is 298 g/mol. The lowest BCUT2D eigenvalue weighted by molar-refractivity contribution is 0.00133. The summed E-state index contributed by atoms with van der Waals surface area (Å²) in [6, 6.07) is 9.88. The minimum Gasteiger partial charge on any atom is -0.454 e. The zero-order valence-electron chi connectivity index (χ0n) is 12.2. The summed E-state index contributed by atoms with van der Waals surface area (Å²) in [5.74, 6) is 0.113. The first-order chi connectivity index (χ1) is 10.8. The van der Waals surface area contributed by atoms with E-state index in [1.165, 1.54) is 11.3 Å². The maximum Gasteiger partial charge on any atom is 0.350 e. The quantitative estimate of drug-likeness (QED) is 0.810. The lowest BCUT2D eigenvalue weighted by Gasteiger charge is -2.21. The van der Waals surface area contributed by atoms with Gasteiger partial charge in [0.1, 0.15) is 15.5 Å². The Kier molecular flexibility index (Phi) is 3.47. The van der Waals surface area contributed by atoms with Crippen molar-refractivity contribution in [1.82, 2.24) is 4.98 Å². The normalized spacial score (nSPS) is 22.5. The highest BCUT2D eigenvalue weighted by Gasteiger charge is 2.54. The molecule has 2 aliphatic rings. The van der Waals surface area contributed by atoms with Crippen LogP contribution in [0.3, 0.4) is 0 Å². The van der Waals surface area contributed by atoms with Crippen LogP contribution in [0, 0.1) is 5.92 Å². The van der Waals surface area contributed by atoms with E-state index < -0.39 is 0 Å². The van der Waals surface area contributed by atoms with Crippen LogP contribution in [0.5, 0.6) is 0 Å². The summed E-state index contributed by atoms with van der Waals surface area (Å²) in [6.07, 6.45) is 4.52. The van der Waals surface area contributed by atoms with E-state index in [0.29, 0.717) is 17.4 Å². The fourth-order valence-corrected chi connectivity index (χ4v) is 3.78. The van der Waals surface area contributed by atoms with Gasteiger partial charge in [0.15, 0.2) is 0 Å². The molecule has 0 spiro atoms. The minimum absolute atomic E-state index is 0.246. The number of nitrogens with zero attached hydrogens (tertiary/aromatic N) is 1. The number of esters is 1. The van der Waals surface area contributed by atoms with E-state index in [-0.39, 0.29) is 11.6 Å². The molecule has 2 fully saturated rings. The Bertz CT molecular complexity index is 672. The summed E-state index contributed by atoms with van der Waals surface area (Å²) < 4.78 is 11.3. The van der Waals surface area contributed by atoms with Crippen LogP contribution >= 0.6 is 11.3 Å². The van der Waals surface area contributed by atoms with E-state index in [1.807, 2.05) is 30.3 Å². The Morgan fingerprint density at radius 3 is 2.82 bits per heavy atom. The minimum atomic E-state index is -0.273. The highest BCUT2D eigenvalue weighted by Crippen LogP contribution is 2.49. The van der Waals surface area contributed by atoms with Crippen LogP contribution in [0.25, 0.3) is 10.6 Å². The molecule has 4 rings (SSSR count). The zero-order chi connectivity index (χ0) is 15.0. The van der Waals surface area contributed by atoms with Crippen LogP contribution in [0.1, 0.15) is 28.9 Å². The van der Waals surface area contributed by atoms with Crippen LogP contribution in [-0.2, 0) is 9.47 Å². The molecule has 1 unspecified atom stereocenters. The molecule has 1 atom stereocenters. The monoisotopic (exact) mass is 315 g/mol. The fraction of sp³-hybridized carbons (Fsp3) is 0.412. The van der Waals surface area contributed by atoms with Gasteiger partial charge in [-0.25, -0.2) is 9.78 Å². The second-order valence-electron chi connectivity index (χ2n) is 5.91. The summed E-state index contributed by atoms with van der Waals surface area (Å²) in [4.78, 5) is 17.3. The summed E-state index contributed by atoms with van der Waals surface area (Å²) in [6.45, 7) is 1.49. The summed E-state index contributed by atoms with van der Waals surface area (Å²) in [5, 5.41) is 0.849. The topological polar surface area (TPSA) is 48.4 Å². The van der Waals surface area contributed by atoms with Crippen molar-refractivity contribution in [1.29, 1.82) is 0 Å². The second-order valence-corrected chi connectivity index (χ2v) is 6.94. The van der Waals surface area contributed by atoms with Crippen molar-refractivity contribution >= 4 is 17.3 Å². The molecule has 0 radical (unpaired) electrons. The van der Waals surface area contributed by atoms with Gasteiger partial charge in [-0.3, -0.25) is 0 Å². The number of ether oxygens (including phenoxy) is 2. The number of carbonyl (C=O) groups excluding carboxylic acids is 1. The van der Waals surface area contributed by atoms with Crippen LogP contribution in [0.2, 0.25) is 0 Å². The van der Waals surface area contributed by atoms with Crippen molar-refractivity contribution in [3.05, 3.63) is 41.4 Å². The van der Waals surface area contributed by atoms with Gasteiger partial charge in [0.05, 0.1) is 12.8 Å². The third kappa shape index (κ3) is 2.55. The number of hydrogen-bond acceptors (Lipinski definition) is 5. The van der Waals surface area contributed by atoms with Crippen LogP contribution in [0.15, 0.2) is 36.5 Å². The molecule has 0 N–H and O–H groups in total. The van der Waals surface area contributed by atoms with E-state index in [1.54, 1.807) is 6.20 Å². The standard InChI is InChI=1S/C17H17NO3S/c19-16(21-17(7-8-17)13-6-9-20-11-13)14-10-18-15(22-14)12-4-2-1-3-5-12/h1-5,10,13H,6-9,11H2. The van der Waals surface area contributed by atoms with Crippen molar-refractivity contribution < 1.29 is 14.3 Å². The molecule has 22 heavy (non-hydrogen) atoms. The molecule has 4 nitrogen and oxygen atoms in total. The Balaban J connectivity index is 1.48. The van der Waals surface area contributed by atoms with Gasteiger partial charge in [-0.15, -0.1) is 11.3 Å². The molecule has 5 heteroatoms. The van der Waals surface area contributed by atoms with E-state index in [9.17, 15) is 4.79 Å². The predicted molar refractivity (Wildman–Crippen MR) is 83.9 cm³/mol. The SMILES string of the molecule is O=C(OC1(C2CCOC2)CC1)c1cnc(-c2ccccc2)s1. The van der Waals surface area contributed by atoms with Gasteiger partial charge in [-0.1, -0.05) is 30.3 Å². The smallest absolute Gasteiger partial charge is 0.350 e. The van der Waals surface area contributed by atoms with E-state index in [0.717, 1.165) is 36.4 Å². The second kappa shape index (κ2) is 5.48. The van der Waals surface area contributed by atoms with Gasteiger partial charge in [-0.2, -0.15) is 0 Å². The van der Waals surface area contributed by atoms with Crippen molar-refractivity contribution in [3.8, 4) is 10.6 Å². The number of rotatable bonds is 4. The van der Waals surface area contributed by atoms with Gasteiger partial charge >= 0.3 is 5.97 Å².